The number of nitrogens with zero attached hydrogens (tertiary/aromatic N) is 1. The van der Waals surface area contributed by atoms with Crippen LogP contribution < -0.4 is 5.32 Å². The Morgan fingerprint density at radius 1 is 1.14 bits per heavy atom. The first-order chi connectivity index (χ1) is 13.9. The smallest absolute Gasteiger partial charge is 0.341 e. The number of fused-ring (bicyclic) bond motifs is 1. The average molecular weight is 419 g/mol. The Morgan fingerprint density at radius 3 is 2.62 bits per heavy atom. The number of imide groups is 1. The van der Waals surface area contributed by atoms with Gasteiger partial charge in [-0.15, -0.1) is 11.3 Å². The Labute approximate surface area is 173 Å². The lowest BCUT2D eigenvalue weighted by Crippen LogP contribution is -2.41. The molecule has 2 heterocycles. The predicted molar refractivity (Wildman–Crippen MR) is 108 cm³/mol. The highest BCUT2D eigenvalue weighted by Gasteiger charge is 2.51. The first-order valence-corrected chi connectivity index (χ1v) is 11.2. The Hall–Kier alpha value is -2.22. The molecule has 3 amide bonds. The van der Waals surface area contributed by atoms with Crippen molar-refractivity contribution >= 4 is 40.0 Å². The zero-order chi connectivity index (χ0) is 20.6. The molecular weight excluding hydrogens is 392 g/mol. The number of thiophene rings is 1. The van der Waals surface area contributed by atoms with Gasteiger partial charge in [0.2, 0.25) is 17.7 Å². The fraction of sp³-hybridized carbons (Fsp3) is 0.619. The van der Waals surface area contributed by atoms with Crippen molar-refractivity contribution in [1.82, 2.24) is 4.90 Å². The summed E-state index contributed by atoms with van der Waals surface area (Å²) in [7, 11) is 0. The Kier molecular flexibility index (Phi) is 5.46. The number of anilines is 1. The molecule has 2 aliphatic carbocycles. The van der Waals surface area contributed by atoms with Gasteiger partial charge in [-0.3, -0.25) is 19.3 Å². The van der Waals surface area contributed by atoms with E-state index in [9.17, 15) is 19.2 Å². The maximum Gasteiger partial charge on any atom is 0.341 e. The maximum atomic E-state index is 12.9. The van der Waals surface area contributed by atoms with Crippen LogP contribution in [0.4, 0.5) is 5.00 Å². The number of aryl methyl sites for hydroxylation is 1. The van der Waals surface area contributed by atoms with E-state index in [1.807, 2.05) is 0 Å². The van der Waals surface area contributed by atoms with Gasteiger partial charge in [0, 0.05) is 11.3 Å². The molecule has 0 aromatic carbocycles. The summed E-state index contributed by atoms with van der Waals surface area (Å²) < 4.78 is 5.17. The number of ether oxygens (including phenoxy) is 1. The number of carbonyl (C=O) groups is 4. The molecule has 1 aromatic heterocycles. The zero-order valence-electron chi connectivity index (χ0n) is 16.7. The summed E-state index contributed by atoms with van der Waals surface area (Å²) in [6.45, 7) is 1.70. The largest absolute Gasteiger partial charge is 0.462 e. The number of hydrogen-bond acceptors (Lipinski definition) is 6. The summed E-state index contributed by atoms with van der Waals surface area (Å²) in [5, 5.41) is 3.23. The molecule has 1 aliphatic heterocycles. The minimum absolute atomic E-state index is 0.209. The van der Waals surface area contributed by atoms with Crippen LogP contribution in [0.1, 0.15) is 72.7 Å². The van der Waals surface area contributed by atoms with E-state index >= 15 is 0 Å². The van der Waals surface area contributed by atoms with Gasteiger partial charge in [-0.2, -0.15) is 0 Å². The minimum Gasteiger partial charge on any atom is -0.462 e. The fourth-order valence-electron chi connectivity index (χ4n) is 4.86. The molecule has 3 aliphatic rings. The third-order valence-electron chi connectivity index (χ3n) is 6.26. The Bertz CT molecular complexity index is 869. The lowest BCUT2D eigenvalue weighted by Gasteiger charge is -2.30. The molecule has 1 saturated heterocycles. The number of amides is 3. The average Bonchev–Trinajstić information content (AvgIpc) is 3.32. The zero-order valence-corrected chi connectivity index (χ0v) is 17.5. The number of carbonyl (C=O) groups excluding carboxylic acids is 4. The van der Waals surface area contributed by atoms with Crippen molar-refractivity contribution in [2.24, 2.45) is 5.41 Å². The van der Waals surface area contributed by atoms with Crippen LogP contribution in [0, 0.1) is 5.41 Å². The molecular formula is C21H26N2O5S. The molecule has 29 heavy (non-hydrogen) atoms. The topological polar surface area (TPSA) is 92.8 Å². The fourth-order valence-corrected chi connectivity index (χ4v) is 6.15. The molecule has 7 nitrogen and oxygen atoms in total. The summed E-state index contributed by atoms with van der Waals surface area (Å²) in [4.78, 5) is 52.7. The van der Waals surface area contributed by atoms with Gasteiger partial charge in [0.05, 0.1) is 17.6 Å². The van der Waals surface area contributed by atoms with E-state index in [1.54, 1.807) is 6.92 Å². The summed E-state index contributed by atoms with van der Waals surface area (Å²) in [6.07, 6.45) is 7.30. The van der Waals surface area contributed by atoms with Gasteiger partial charge in [-0.25, -0.2) is 4.79 Å². The molecule has 0 radical (unpaired) electrons. The first-order valence-electron chi connectivity index (χ1n) is 10.4. The summed E-state index contributed by atoms with van der Waals surface area (Å²) in [5.41, 5.74) is 0.786. The van der Waals surface area contributed by atoms with Crippen LogP contribution in [0.5, 0.6) is 0 Å². The Morgan fingerprint density at radius 2 is 1.90 bits per heavy atom. The van der Waals surface area contributed by atoms with Crippen LogP contribution in [0.3, 0.4) is 0 Å². The van der Waals surface area contributed by atoms with Gasteiger partial charge in [0.15, 0.2) is 0 Å². The highest BCUT2D eigenvalue weighted by molar-refractivity contribution is 7.17. The van der Waals surface area contributed by atoms with Gasteiger partial charge >= 0.3 is 5.97 Å². The number of esters is 1. The van der Waals surface area contributed by atoms with Crippen LogP contribution in [0.15, 0.2) is 0 Å². The summed E-state index contributed by atoms with van der Waals surface area (Å²) >= 11 is 1.39. The lowest BCUT2D eigenvalue weighted by molar-refractivity contribution is -0.144. The quantitative estimate of drug-likeness (QED) is 0.586. The molecule has 156 valence electrons. The molecule has 1 aromatic rings. The van der Waals surface area contributed by atoms with Crippen LogP contribution in [-0.4, -0.2) is 41.7 Å². The molecule has 0 bridgehead atoms. The van der Waals surface area contributed by atoms with Crippen molar-refractivity contribution in [3.63, 3.8) is 0 Å². The number of likely N-dealkylation sites (tertiary alicyclic amines) is 1. The van der Waals surface area contributed by atoms with E-state index in [1.165, 1.54) is 11.3 Å². The molecule has 4 rings (SSSR count). The summed E-state index contributed by atoms with van der Waals surface area (Å²) in [6, 6.07) is 0. The van der Waals surface area contributed by atoms with E-state index in [0.717, 1.165) is 66.7 Å². The number of nitrogens with one attached hydrogen (secondary N) is 1. The third kappa shape index (κ3) is 3.58. The van der Waals surface area contributed by atoms with Crippen molar-refractivity contribution in [3.05, 3.63) is 16.0 Å². The van der Waals surface area contributed by atoms with Gasteiger partial charge in [-0.1, -0.05) is 19.3 Å². The highest BCUT2D eigenvalue weighted by atomic mass is 32.1. The van der Waals surface area contributed by atoms with E-state index < -0.39 is 17.3 Å². The molecule has 2 fully saturated rings. The van der Waals surface area contributed by atoms with Gasteiger partial charge in [0.25, 0.3) is 0 Å². The van der Waals surface area contributed by atoms with Gasteiger partial charge in [-0.05, 0) is 44.6 Å². The predicted octanol–water partition coefficient (Wildman–Crippen LogP) is 3.06. The van der Waals surface area contributed by atoms with Gasteiger partial charge in [0.1, 0.15) is 11.5 Å². The van der Waals surface area contributed by atoms with Crippen LogP contribution >= 0.6 is 11.3 Å². The van der Waals surface area contributed by atoms with E-state index in [-0.39, 0.29) is 31.4 Å². The van der Waals surface area contributed by atoms with Crippen molar-refractivity contribution in [1.29, 1.82) is 0 Å². The molecule has 1 spiro atoms. The van der Waals surface area contributed by atoms with Crippen molar-refractivity contribution in [2.75, 3.05) is 18.5 Å². The van der Waals surface area contributed by atoms with Crippen LogP contribution in [-0.2, 0) is 32.0 Å². The molecule has 1 N–H and O–H groups in total. The minimum atomic E-state index is -0.601. The summed E-state index contributed by atoms with van der Waals surface area (Å²) in [5.74, 6) is -1.37. The highest BCUT2D eigenvalue weighted by Crippen LogP contribution is 2.45. The second-order valence-electron chi connectivity index (χ2n) is 8.13. The number of rotatable bonds is 5. The number of hydrogen-bond donors (Lipinski definition) is 1. The standard InChI is InChI=1S/C21H26N2O5S/c1-2-28-19(26)17-13-7-6-8-14(13)29-18(17)22-15(24)12-23-16(25)11-21(20(23)27)9-4-3-5-10-21/h2-12H2,1H3,(H,22,24). The molecule has 0 atom stereocenters. The van der Waals surface area contributed by atoms with Crippen molar-refractivity contribution < 1.29 is 23.9 Å². The van der Waals surface area contributed by atoms with Gasteiger partial charge < -0.3 is 10.1 Å². The van der Waals surface area contributed by atoms with E-state index in [0.29, 0.717) is 10.6 Å². The van der Waals surface area contributed by atoms with E-state index in [4.69, 9.17) is 4.74 Å². The second kappa shape index (κ2) is 7.89. The first kappa shape index (κ1) is 20.1. The normalized spacial score (nSPS) is 20.2. The van der Waals surface area contributed by atoms with Crippen LogP contribution in [0.2, 0.25) is 0 Å². The lowest BCUT2D eigenvalue weighted by atomic mass is 9.73. The van der Waals surface area contributed by atoms with E-state index in [2.05, 4.69) is 5.32 Å². The maximum absolute atomic E-state index is 12.9. The Balaban J connectivity index is 1.49. The monoisotopic (exact) mass is 418 g/mol. The van der Waals surface area contributed by atoms with Crippen molar-refractivity contribution in [3.8, 4) is 0 Å². The molecule has 1 saturated carbocycles. The van der Waals surface area contributed by atoms with Crippen molar-refractivity contribution in [2.45, 2.75) is 64.7 Å². The molecule has 8 heteroatoms. The second-order valence-corrected chi connectivity index (χ2v) is 9.24. The SMILES string of the molecule is CCOC(=O)c1c(NC(=O)CN2C(=O)CC3(CCCCC3)C2=O)sc2c1CCC2. The third-order valence-corrected chi connectivity index (χ3v) is 7.46. The molecule has 0 unspecified atom stereocenters. The van der Waals surface area contributed by atoms with Crippen LogP contribution in [0.25, 0.3) is 0 Å².